The van der Waals surface area contributed by atoms with Crippen LogP contribution in [0.25, 0.3) is 0 Å². The van der Waals surface area contributed by atoms with Gasteiger partial charge in [0.2, 0.25) is 5.96 Å². The largest absolute Gasteiger partial charge is 0.509 e. The quantitative estimate of drug-likeness (QED) is 0.223. The number of hydrogen-bond donors (Lipinski definition) is 4. The summed E-state index contributed by atoms with van der Waals surface area (Å²) < 4.78 is 5.50. The molecule has 1 heterocycles. The normalized spacial score (nSPS) is 20.3. The topological polar surface area (TPSA) is 137 Å². The van der Waals surface area contributed by atoms with Gasteiger partial charge in [-0.25, -0.2) is 9.98 Å². The molecule has 1 aromatic carbocycles. The molecule has 1 aliphatic heterocycles. The first-order chi connectivity index (χ1) is 14.5. The summed E-state index contributed by atoms with van der Waals surface area (Å²) in [6.45, 7) is 3.54. The number of methoxy groups -OCH3 is 1. The van der Waals surface area contributed by atoms with Crippen LogP contribution in [0.3, 0.4) is 0 Å². The molecule has 3 rings (SSSR count). The van der Waals surface area contributed by atoms with Crippen LogP contribution in [0, 0.1) is 4.91 Å². The Balaban J connectivity index is 1.84. The molecule has 1 aliphatic carbocycles. The fourth-order valence-electron chi connectivity index (χ4n) is 3.44. The van der Waals surface area contributed by atoms with Crippen LogP contribution in [0.1, 0.15) is 26.2 Å². The Morgan fingerprint density at radius 3 is 2.73 bits per heavy atom. The number of nitroso groups, excluding NO2 is 1. The number of allylic oxidation sites excluding steroid dienone is 2. The molecule has 0 aromatic heterocycles. The number of aliphatic imine (C=N–C) groups is 2. The first-order valence-electron chi connectivity index (χ1n) is 9.68. The third kappa shape index (κ3) is 4.76. The van der Waals surface area contributed by atoms with Gasteiger partial charge in [0.05, 0.1) is 35.9 Å². The molecule has 0 saturated carbocycles. The van der Waals surface area contributed by atoms with E-state index in [0.717, 1.165) is 38.0 Å². The lowest BCUT2D eigenvalue weighted by Gasteiger charge is -2.27. The molecule has 11 heteroatoms. The molecular formula is C19H26ClN7O3. The number of nitrogens with zero attached hydrogens (tertiary/aromatic N) is 4. The molecule has 162 valence electrons. The molecular weight excluding hydrogens is 410 g/mol. The van der Waals surface area contributed by atoms with Gasteiger partial charge in [-0.2, -0.15) is 0 Å². The van der Waals surface area contributed by atoms with Gasteiger partial charge in [-0.1, -0.05) is 0 Å². The zero-order valence-corrected chi connectivity index (χ0v) is 17.7. The van der Waals surface area contributed by atoms with Crippen LogP contribution in [0.5, 0.6) is 5.75 Å². The summed E-state index contributed by atoms with van der Waals surface area (Å²) in [5.41, 5.74) is 7.64. The molecule has 10 nitrogen and oxygen atoms in total. The van der Waals surface area contributed by atoms with E-state index in [2.05, 4.69) is 30.7 Å². The molecule has 2 atom stereocenters. The van der Waals surface area contributed by atoms with Gasteiger partial charge in [0.25, 0.3) is 0 Å². The standard InChI is InChI=1S/C19H26ClN7O3/c1-11(23-15-7-12(20)18(15)28)24-19(22-10-21)25-14-8-13(26-29)16(9-17(14)30-2)27-5-3-4-6-27/h8-12,23,28H,3-7H2,1-2H3,(H3,21,22,24,25)/t11?,12-/m1/s1. The number of nitrogens with two attached hydrogens (primary N) is 1. The Bertz CT molecular complexity index is 881. The second kappa shape index (κ2) is 9.66. The number of nitrogens with one attached hydrogen (secondary N) is 2. The predicted octanol–water partition coefficient (Wildman–Crippen LogP) is 3.16. The Hall–Kier alpha value is -3.01. The molecule has 1 unspecified atom stereocenters. The second-order valence-corrected chi connectivity index (χ2v) is 7.57. The maximum Gasteiger partial charge on any atom is 0.226 e. The van der Waals surface area contributed by atoms with Crippen molar-refractivity contribution in [2.75, 3.05) is 30.4 Å². The minimum Gasteiger partial charge on any atom is -0.509 e. The third-order valence-electron chi connectivity index (χ3n) is 4.97. The van der Waals surface area contributed by atoms with Gasteiger partial charge in [-0.15, -0.1) is 16.5 Å². The van der Waals surface area contributed by atoms with E-state index >= 15 is 0 Å². The molecule has 30 heavy (non-hydrogen) atoms. The number of hydrogen-bond acceptors (Lipinski definition) is 7. The van der Waals surface area contributed by atoms with E-state index in [4.69, 9.17) is 22.1 Å². The molecule has 1 fully saturated rings. The van der Waals surface area contributed by atoms with Crippen LogP contribution in [0.2, 0.25) is 0 Å². The smallest absolute Gasteiger partial charge is 0.226 e. The van der Waals surface area contributed by atoms with Crippen LogP contribution < -0.4 is 26.0 Å². The number of guanidine groups is 1. The van der Waals surface area contributed by atoms with Gasteiger partial charge < -0.3 is 31.1 Å². The average Bonchev–Trinajstić information content (AvgIpc) is 3.27. The summed E-state index contributed by atoms with van der Waals surface area (Å²) in [6, 6.07) is 3.39. The lowest BCUT2D eigenvalue weighted by Crippen LogP contribution is -2.34. The van der Waals surface area contributed by atoms with Crippen molar-refractivity contribution in [3.8, 4) is 5.75 Å². The molecule has 5 N–H and O–H groups in total. The minimum absolute atomic E-state index is 0.122. The maximum absolute atomic E-state index is 11.5. The number of anilines is 2. The lowest BCUT2D eigenvalue weighted by atomic mass is 10.0. The van der Waals surface area contributed by atoms with Crippen molar-refractivity contribution in [3.63, 3.8) is 0 Å². The minimum atomic E-state index is -0.420. The summed E-state index contributed by atoms with van der Waals surface area (Å²) in [5.74, 6) is 0.842. The first kappa shape index (κ1) is 21.7. The first-order valence-corrected chi connectivity index (χ1v) is 10.1. The Kier molecular flexibility index (Phi) is 6.99. The van der Waals surface area contributed by atoms with Crippen LogP contribution >= 0.6 is 11.6 Å². The van der Waals surface area contributed by atoms with Crippen molar-refractivity contribution in [2.24, 2.45) is 20.9 Å². The summed E-state index contributed by atoms with van der Waals surface area (Å²) in [4.78, 5) is 22.1. The number of rotatable bonds is 7. The summed E-state index contributed by atoms with van der Waals surface area (Å²) in [7, 11) is 1.55. The van der Waals surface area contributed by atoms with E-state index in [1.807, 2.05) is 0 Å². The number of ether oxygens (including phenoxy) is 1. The van der Waals surface area contributed by atoms with Crippen LogP contribution in [-0.2, 0) is 0 Å². The number of halogens is 1. The highest BCUT2D eigenvalue weighted by molar-refractivity contribution is 6.23. The van der Waals surface area contributed by atoms with Gasteiger partial charge in [0.15, 0.2) is 0 Å². The maximum atomic E-state index is 11.5. The Morgan fingerprint density at radius 2 is 2.17 bits per heavy atom. The van der Waals surface area contributed by atoms with Crippen molar-refractivity contribution >= 4 is 41.0 Å². The van der Waals surface area contributed by atoms with Gasteiger partial charge in [-0.3, -0.25) is 0 Å². The number of benzene rings is 1. The van der Waals surface area contributed by atoms with Gasteiger partial charge >= 0.3 is 0 Å². The monoisotopic (exact) mass is 435 g/mol. The van der Waals surface area contributed by atoms with Crippen LogP contribution in [0.4, 0.5) is 17.1 Å². The van der Waals surface area contributed by atoms with Gasteiger partial charge in [-0.05, 0) is 31.0 Å². The van der Waals surface area contributed by atoms with Crippen molar-refractivity contribution in [3.05, 3.63) is 28.5 Å². The molecule has 1 saturated heterocycles. The van der Waals surface area contributed by atoms with Crippen LogP contribution in [0.15, 0.2) is 38.8 Å². The Morgan fingerprint density at radius 1 is 1.43 bits per heavy atom. The van der Waals surface area contributed by atoms with E-state index in [1.54, 1.807) is 26.2 Å². The van der Waals surface area contributed by atoms with Crippen molar-refractivity contribution in [2.45, 2.75) is 37.7 Å². The lowest BCUT2D eigenvalue weighted by molar-refractivity contribution is 0.337. The third-order valence-corrected chi connectivity index (χ3v) is 5.33. The number of aliphatic hydroxyl groups is 1. The zero-order valence-electron chi connectivity index (χ0n) is 16.9. The highest BCUT2D eigenvalue weighted by Gasteiger charge is 2.28. The fraction of sp³-hybridized carbons (Fsp3) is 0.474. The SMILES string of the molecule is COc1cc(N2CCCC2)c(N=O)cc1NC(N=CN)=NC(C)NC1=C(O)[C@H](Cl)C1. The molecule has 1 aromatic rings. The number of alkyl halides is 1. The summed E-state index contributed by atoms with van der Waals surface area (Å²) in [6.07, 6.45) is 3.37. The van der Waals surface area contributed by atoms with Gasteiger partial charge in [0, 0.05) is 25.6 Å². The molecule has 0 bridgehead atoms. The summed E-state index contributed by atoms with van der Waals surface area (Å²) >= 11 is 5.87. The van der Waals surface area contributed by atoms with E-state index in [-0.39, 0.29) is 17.1 Å². The van der Waals surface area contributed by atoms with Crippen molar-refractivity contribution in [1.29, 1.82) is 0 Å². The fourth-order valence-corrected chi connectivity index (χ4v) is 3.72. The van der Waals surface area contributed by atoms with E-state index in [1.165, 1.54) is 0 Å². The Labute approximate surface area is 179 Å². The predicted molar refractivity (Wildman–Crippen MR) is 120 cm³/mol. The van der Waals surface area contributed by atoms with E-state index in [0.29, 0.717) is 29.2 Å². The molecule has 2 aliphatic rings. The molecule has 0 spiro atoms. The molecule has 0 amide bonds. The zero-order chi connectivity index (χ0) is 21.7. The summed E-state index contributed by atoms with van der Waals surface area (Å²) in [5, 5.41) is 18.7. The van der Waals surface area contributed by atoms with Crippen LogP contribution in [-0.4, -0.2) is 49.1 Å². The second-order valence-electron chi connectivity index (χ2n) is 7.04. The van der Waals surface area contributed by atoms with Crippen molar-refractivity contribution in [1.82, 2.24) is 5.32 Å². The average molecular weight is 436 g/mol. The van der Waals surface area contributed by atoms with E-state index in [9.17, 15) is 10.0 Å². The highest BCUT2D eigenvalue weighted by Crippen LogP contribution is 2.40. The molecule has 0 radical (unpaired) electrons. The number of aliphatic hydroxyl groups excluding tert-OH is 1. The highest BCUT2D eigenvalue weighted by atomic mass is 35.5. The van der Waals surface area contributed by atoms with Crippen molar-refractivity contribution < 1.29 is 9.84 Å². The van der Waals surface area contributed by atoms with E-state index < -0.39 is 6.17 Å². The van der Waals surface area contributed by atoms with Gasteiger partial charge in [0.1, 0.15) is 23.4 Å².